The molecule has 0 aliphatic carbocycles. The normalized spacial score (nSPS) is 11.7. The number of benzene rings is 10. The summed E-state index contributed by atoms with van der Waals surface area (Å²) in [6.07, 6.45) is 0. The van der Waals surface area contributed by atoms with Crippen LogP contribution in [0.15, 0.2) is 217 Å². The molecule has 2 nitrogen and oxygen atoms in total. The molecule has 0 atom stereocenters. The van der Waals surface area contributed by atoms with Crippen molar-refractivity contribution in [1.29, 1.82) is 0 Å². The molecule has 0 N–H and O–H groups in total. The van der Waals surface area contributed by atoms with Gasteiger partial charge in [0.1, 0.15) is 11.2 Å². The summed E-state index contributed by atoms with van der Waals surface area (Å²) >= 11 is 1.85. The fraction of sp³-hybridized carbons (Fsp3) is 0. The summed E-state index contributed by atoms with van der Waals surface area (Å²) < 4.78 is 8.85. The monoisotopic (exact) mass is 769 g/mol. The maximum Gasteiger partial charge on any atom is 0.136 e. The number of anilines is 3. The fourth-order valence-electron chi connectivity index (χ4n) is 9.19. The molecule has 2 aromatic heterocycles. The van der Waals surface area contributed by atoms with E-state index in [0.29, 0.717) is 0 Å². The lowest BCUT2D eigenvalue weighted by Gasteiger charge is -2.29. The second-order valence-corrected chi connectivity index (χ2v) is 16.3. The highest BCUT2D eigenvalue weighted by molar-refractivity contribution is 7.26. The van der Waals surface area contributed by atoms with E-state index in [1.54, 1.807) is 0 Å². The Labute approximate surface area is 345 Å². The highest BCUT2D eigenvalue weighted by atomic mass is 32.1. The second kappa shape index (κ2) is 13.6. The summed E-state index contributed by atoms with van der Waals surface area (Å²) in [6.45, 7) is 0. The predicted octanol–water partition coefficient (Wildman–Crippen LogP) is 16.7. The molecule has 0 aliphatic rings. The Bertz CT molecular complexity index is 3560. The summed E-state index contributed by atoms with van der Waals surface area (Å²) in [7, 11) is 0. The van der Waals surface area contributed by atoms with E-state index in [1.807, 2.05) is 23.5 Å². The van der Waals surface area contributed by atoms with Gasteiger partial charge in [-0.25, -0.2) is 0 Å². The Morgan fingerprint density at radius 3 is 1.85 bits per heavy atom. The molecule has 0 unspecified atom stereocenters. The van der Waals surface area contributed by atoms with E-state index in [-0.39, 0.29) is 0 Å². The van der Waals surface area contributed by atoms with Crippen LogP contribution in [0.3, 0.4) is 0 Å². The van der Waals surface area contributed by atoms with Crippen molar-refractivity contribution in [2.24, 2.45) is 0 Å². The lowest BCUT2D eigenvalue weighted by atomic mass is 9.91. The van der Waals surface area contributed by atoms with Crippen LogP contribution in [0.1, 0.15) is 0 Å². The average Bonchev–Trinajstić information content (AvgIpc) is 3.89. The summed E-state index contributed by atoms with van der Waals surface area (Å²) in [5.74, 6) is 0. The smallest absolute Gasteiger partial charge is 0.136 e. The van der Waals surface area contributed by atoms with E-state index in [0.717, 1.165) is 55.7 Å². The van der Waals surface area contributed by atoms with Crippen molar-refractivity contribution in [2.45, 2.75) is 0 Å². The number of nitrogens with zero attached hydrogens (tertiary/aromatic N) is 1. The predicted molar refractivity (Wildman–Crippen MR) is 253 cm³/mol. The standard InChI is InChI=1S/C56H35NOS/c1-2-14-36(15-3-1)42-33-30-39(48-34-38-16-4-5-17-41(38)44-18-6-7-19-45(44)48)35-50(42)57(49-23-13-27-54-56(49)47-21-9-11-26-53(47)59-54)40-31-28-37(29-32-40)43-22-12-25-52-55(43)46-20-8-10-24-51(46)58-52/h1-35H. The van der Waals surface area contributed by atoms with Crippen LogP contribution >= 0.6 is 11.3 Å². The number of rotatable bonds is 6. The van der Waals surface area contributed by atoms with Gasteiger partial charge in [-0.15, -0.1) is 11.3 Å². The van der Waals surface area contributed by atoms with E-state index in [1.165, 1.54) is 58.4 Å². The maximum atomic E-state index is 6.31. The second-order valence-electron chi connectivity index (χ2n) is 15.2. The van der Waals surface area contributed by atoms with E-state index in [4.69, 9.17) is 4.42 Å². The number of para-hydroxylation sites is 1. The van der Waals surface area contributed by atoms with Gasteiger partial charge >= 0.3 is 0 Å². The highest BCUT2D eigenvalue weighted by Gasteiger charge is 2.23. The number of hydrogen-bond donors (Lipinski definition) is 0. The van der Waals surface area contributed by atoms with Gasteiger partial charge in [0.2, 0.25) is 0 Å². The molecule has 10 aromatic carbocycles. The lowest BCUT2D eigenvalue weighted by Crippen LogP contribution is -2.12. The third-order valence-corrected chi connectivity index (χ3v) is 13.0. The van der Waals surface area contributed by atoms with Crippen molar-refractivity contribution in [2.75, 3.05) is 4.90 Å². The summed E-state index contributed by atoms with van der Waals surface area (Å²) in [5, 5.41) is 9.80. The fourth-order valence-corrected chi connectivity index (χ4v) is 10.3. The summed E-state index contributed by atoms with van der Waals surface area (Å²) in [6, 6.07) is 77.2. The topological polar surface area (TPSA) is 16.4 Å². The molecule has 3 heteroatoms. The number of thiophene rings is 1. The maximum absolute atomic E-state index is 6.31. The molecule has 0 aliphatic heterocycles. The zero-order valence-corrected chi connectivity index (χ0v) is 32.8. The molecule has 0 bridgehead atoms. The van der Waals surface area contributed by atoms with Gasteiger partial charge in [-0.05, 0) is 104 Å². The molecule has 2 heterocycles. The Hall–Kier alpha value is -7.46. The van der Waals surface area contributed by atoms with Gasteiger partial charge in [0.25, 0.3) is 0 Å². The van der Waals surface area contributed by atoms with Gasteiger partial charge in [-0.3, -0.25) is 0 Å². The molecule has 0 radical (unpaired) electrons. The van der Waals surface area contributed by atoms with Crippen molar-refractivity contribution in [3.8, 4) is 33.4 Å². The minimum Gasteiger partial charge on any atom is -0.456 e. The Morgan fingerprint density at radius 1 is 0.339 bits per heavy atom. The van der Waals surface area contributed by atoms with Crippen LogP contribution in [0.25, 0.3) is 97.0 Å². The first-order chi connectivity index (χ1) is 29.3. The SMILES string of the molecule is c1ccc(-c2ccc(-c3cc4ccccc4c4ccccc34)cc2N(c2ccc(-c3cccc4oc5ccccc5c34)cc2)c2cccc3sc4ccccc4c23)cc1. The van der Waals surface area contributed by atoms with E-state index < -0.39 is 0 Å². The highest BCUT2D eigenvalue weighted by Crippen LogP contribution is 2.49. The molecule has 12 aromatic rings. The zero-order valence-electron chi connectivity index (χ0n) is 32.0. The van der Waals surface area contributed by atoms with E-state index in [9.17, 15) is 0 Å². The zero-order chi connectivity index (χ0) is 38.9. The van der Waals surface area contributed by atoms with E-state index >= 15 is 0 Å². The average molecular weight is 770 g/mol. The van der Waals surface area contributed by atoms with Gasteiger partial charge in [0.05, 0.1) is 11.4 Å². The van der Waals surface area contributed by atoms with Crippen LogP contribution < -0.4 is 4.90 Å². The first-order valence-corrected chi connectivity index (χ1v) is 20.9. The van der Waals surface area contributed by atoms with Crippen LogP contribution in [0.5, 0.6) is 0 Å². The third-order valence-electron chi connectivity index (χ3n) is 11.9. The third kappa shape index (κ3) is 5.47. The molecule has 0 fully saturated rings. The van der Waals surface area contributed by atoms with Crippen LogP contribution in [-0.2, 0) is 0 Å². The van der Waals surface area contributed by atoms with E-state index in [2.05, 4.69) is 205 Å². The molecular weight excluding hydrogens is 735 g/mol. The van der Waals surface area contributed by atoms with Crippen molar-refractivity contribution in [3.05, 3.63) is 212 Å². The molecule has 0 spiro atoms. The minimum absolute atomic E-state index is 0.899. The van der Waals surface area contributed by atoms with Crippen molar-refractivity contribution >= 4 is 92.1 Å². The summed E-state index contributed by atoms with van der Waals surface area (Å²) in [4.78, 5) is 2.49. The van der Waals surface area contributed by atoms with Crippen LogP contribution in [0.4, 0.5) is 17.1 Å². The molecule has 12 rings (SSSR count). The number of hydrogen-bond acceptors (Lipinski definition) is 3. The van der Waals surface area contributed by atoms with Gasteiger partial charge in [-0.2, -0.15) is 0 Å². The van der Waals surface area contributed by atoms with Gasteiger partial charge in [-0.1, -0.05) is 158 Å². The molecule has 59 heavy (non-hydrogen) atoms. The number of furan rings is 1. The number of fused-ring (bicyclic) bond motifs is 9. The Kier molecular flexibility index (Phi) is 7.75. The molecule has 276 valence electrons. The van der Waals surface area contributed by atoms with Gasteiger partial charge in [0.15, 0.2) is 0 Å². The minimum atomic E-state index is 0.899. The van der Waals surface area contributed by atoms with Crippen molar-refractivity contribution in [1.82, 2.24) is 0 Å². The first kappa shape index (κ1) is 33.7. The molecular formula is C56H35NOS. The lowest BCUT2D eigenvalue weighted by molar-refractivity contribution is 0.669. The quantitative estimate of drug-likeness (QED) is 0.157. The first-order valence-electron chi connectivity index (χ1n) is 20.1. The van der Waals surface area contributed by atoms with Gasteiger partial charge in [0, 0.05) is 42.2 Å². The Morgan fingerprint density at radius 2 is 0.983 bits per heavy atom. The molecule has 0 saturated carbocycles. The van der Waals surface area contributed by atoms with Crippen LogP contribution in [0, 0.1) is 0 Å². The molecule has 0 saturated heterocycles. The van der Waals surface area contributed by atoms with Gasteiger partial charge < -0.3 is 9.32 Å². The molecule has 0 amide bonds. The Balaban J connectivity index is 1.13. The summed E-state index contributed by atoms with van der Waals surface area (Å²) in [5.41, 5.74) is 12.2. The van der Waals surface area contributed by atoms with Crippen molar-refractivity contribution in [3.63, 3.8) is 0 Å². The largest absolute Gasteiger partial charge is 0.456 e. The van der Waals surface area contributed by atoms with Crippen molar-refractivity contribution < 1.29 is 4.42 Å². The van der Waals surface area contributed by atoms with Crippen LogP contribution in [-0.4, -0.2) is 0 Å². The van der Waals surface area contributed by atoms with Crippen LogP contribution in [0.2, 0.25) is 0 Å².